The summed E-state index contributed by atoms with van der Waals surface area (Å²) in [7, 11) is -0.810. The van der Waals surface area contributed by atoms with Crippen LogP contribution in [0, 0.1) is 0 Å². The molecule has 0 rings (SSSR count). The molecule has 0 radical (unpaired) electrons. The van der Waals surface area contributed by atoms with Crippen molar-refractivity contribution in [3.8, 4) is 0 Å². The molecule has 0 aromatic carbocycles. The lowest BCUT2D eigenvalue weighted by Crippen LogP contribution is -1.84. The molecular formula is CH5ClOSi. The van der Waals surface area contributed by atoms with Gasteiger partial charge in [0, 0.05) is 5.50 Å². The molecule has 0 saturated carbocycles. The summed E-state index contributed by atoms with van der Waals surface area (Å²) < 4.78 is 0. The summed E-state index contributed by atoms with van der Waals surface area (Å²) >= 11 is 5.00. The van der Waals surface area contributed by atoms with Gasteiger partial charge in [0.1, 0.15) is 0 Å². The first kappa shape index (κ1) is 4.47. The fraction of sp³-hybridized carbons (Fsp3) is 1.00. The second-order valence-corrected chi connectivity index (χ2v) is 2.37. The maximum atomic E-state index is 7.88. The Morgan fingerprint density at radius 3 is 2.25 bits per heavy atom. The van der Waals surface area contributed by atoms with E-state index in [1.54, 1.807) is 0 Å². The van der Waals surface area contributed by atoms with Gasteiger partial charge in [-0.1, -0.05) is 0 Å². The Morgan fingerprint density at radius 2 is 2.25 bits per heavy atom. The molecule has 0 amide bonds. The Morgan fingerprint density at radius 1 is 2.00 bits per heavy atom. The summed E-state index contributed by atoms with van der Waals surface area (Å²) in [5.74, 6) is 0. The van der Waals surface area contributed by atoms with Crippen molar-refractivity contribution >= 4 is 21.4 Å². The van der Waals surface area contributed by atoms with E-state index in [9.17, 15) is 0 Å². The van der Waals surface area contributed by atoms with Crippen molar-refractivity contribution in [1.29, 1.82) is 0 Å². The molecule has 0 aliphatic carbocycles. The van der Waals surface area contributed by atoms with Crippen molar-refractivity contribution in [1.82, 2.24) is 0 Å². The minimum absolute atomic E-state index is 0.486. The lowest BCUT2D eigenvalue weighted by Gasteiger charge is -1.64. The quantitative estimate of drug-likeness (QED) is 0.337. The Hall–Kier alpha value is 0.467. The van der Waals surface area contributed by atoms with Gasteiger partial charge in [0.05, 0.1) is 0 Å². The topological polar surface area (TPSA) is 20.2 Å². The van der Waals surface area contributed by atoms with Gasteiger partial charge in [0.2, 0.25) is 0 Å². The van der Waals surface area contributed by atoms with Crippen LogP contribution in [0.5, 0.6) is 0 Å². The van der Waals surface area contributed by atoms with Crippen LogP contribution >= 0.6 is 11.6 Å². The van der Waals surface area contributed by atoms with Crippen LogP contribution in [0.15, 0.2) is 0 Å². The van der Waals surface area contributed by atoms with Crippen molar-refractivity contribution in [3.05, 3.63) is 0 Å². The molecule has 0 saturated heterocycles. The highest BCUT2D eigenvalue weighted by molar-refractivity contribution is 6.44. The van der Waals surface area contributed by atoms with Crippen LogP contribution in [0.1, 0.15) is 0 Å². The van der Waals surface area contributed by atoms with E-state index in [4.69, 9.17) is 16.4 Å². The van der Waals surface area contributed by atoms with Gasteiger partial charge in [-0.05, 0) is 0 Å². The van der Waals surface area contributed by atoms with Crippen LogP contribution in [0.2, 0.25) is 0 Å². The molecule has 4 heavy (non-hydrogen) atoms. The maximum absolute atomic E-state index is 7.88. The van der Waals surface area contributed by atoms with E-state index < -0.39 is 9.76 Å². The average molecular weight is 96.6 g/mol. The van der Waals surface area contributed by atoms with E-state index in [1.165, 1.54) is 0 Å². The van der Waals surface area contributed by atoms with Crippen LogP contribution in [0.25, 0.3) is 0 Å². The molecule has 0 fully saturated rings. The third-order valence-electron chi connectivity index (χ3n) is 0.0845. The average Bonchev–Trinajstić information content (AvgIpc) is 1.37. The fourth-order valence-corrected chi connectivity index (χ4v) is 0. The van der Waals surface area contributed by atoms with Gasteiger partial charge in [0.15, 0.2) is 9.76 Å². The molecule has 0 spiro atoms. The van der Waals surface area contributed by atoms with E-state index >= 15 is 0 Å². The van der Waals surface area contributed by atoms with Crippen LogP contribution < -0.4 is 0 Å². The fourth-order valence-electron chi connectivity index (χ4n) is 0. The highest BCUT2D eigenvalue weighted by Gasteiger charge is 1.63. The molecule has 0 bridgehead atoms. The molecule has 0 atom stereocenters. The van der Waals surface area contributed by atoms with Gasteiger partial charge in [-0.25, -0.2) is 0 Å². The molecule has 0 unspecified atom stereocenters. The van der Waals surface area contributed by atoms with E-state index in [0.717, 1.165) is 0 Å². The summed E-state index contributed by atoms with van der Waals surface area (Å²) in [6, 6.07) is 0. The summed E-state index contributed by atoms with van der Waals surface area (Å²) in [6.07, 6.45) is 0. The predicted octanol–water partition coefficient (Wildman–Crippen LogP) is -0.741. The summed E-state index contributed by atoms with van der Waals surface area (Å²) in [6.45, 7) is 0. The Kier molecular flexibility index (Phi) is 3.87. The number of rotatable bonds is 1. The first-order chi connectivity index (χ1) is 1.91. The largest absolute Gasteiger partial charge is 0.437 e. The lowest BCUT2D eigenvalue weighted by atomic mass is 11.9. The van der Waals surface area contributed by atoms with Crippen LogP contribution in [-0.4, -0.2) is 20.1 Å². The Balaban J connectivity index is 1.97. The minimum Gasteiger partial charge on any atom is -0.437 e. The minimum atomic E-state index is -0.810. The van der Waals surface area contributed by atoms with Gasteiger partial charge in [0.25, 0.3) is 0 Å². The van der Waals surface area contributed by atoms with E-state index in [1.807, 2.05) is 0 Å². The number of alkyl halides is 1. The van der Waals surface area contributed by atoms with Crippen LogP contribution in [0.4, 0.5) is 0 Å². The second kappa shape index (κ2) is 3.47. The predicted molar refractivity (Wildman–Crippen MR) is 21.5 cm³/mol. The summed E-state index contributed by atoms with van der Waals surface area (Å²) in [5, 5.41) is 0. The van der Waals surface area contributed by atoms with Crippen molar-refractivity contribution in [2.75, 3.05) is 5.50 Å². The maximum Gasteiger partial charge on any atom is 0.171 e. The molecular weight excluding hydrogens is 91.5 g/mol. The molecule has 0 heterocycles. The number of hydrogen-bond donors (Lipinski definition) is 1. The second-order valence-electron chi connectivity index (χ2n) is 0.413. The van der Waals surface area contributed by atoms with Gasteiger partial charge < -0.3 is 4.80 Å². The zero-order valence-corrected chi connectivity index (χ0v) is 4.41. The smallest absolute Gasteiger partial charge is 0.171 e. The standard InChI is InChI=1S/CH5ClOSi/c2-1-4-3/h3H,1,4H2. The lowest BCUT2D eigenvalue weighted by molar-refractivity contribution is 0.608. The molecule has 0 aromatic heterocycles. The Bertz CT molecular complexity index is 10.0. The van der Waals surface area contributed by atoms with Crippen molar-refractivity contribution in [2.24, 2.45) is 0 Å². The monoisotopic (exact) mass is 96.0 g/mol. The SMILES string of the molecule is O[SiH2]CCl. The van der Waals surface area contributed by atoms with E-state index in [-0.39, 0.29) is 0 Å². The Labute approximate surface area is 32.5 Å². The van der Waals surface area contributed by atoms with Crippen molar-refractivity contribution in [3.63, 3.8) is 0 Å². The molecule has 0 aliphatic heterocycles. The van der Waals surface area contributed by atoms with Crippen molar-refractivity contribution in [2.45, 2.75) is 0 Å². The summed E-state index contributed by atoms with van der Waals surface area (Å²) in [5.41, 5.74) is 0.486. The molecule has 0 aliphatic rings. The molecule has 1 nitrogen and oxygen atoms in total. The number of hydrogen-bond acceptors (Lipinski definition) is 1. The first-order valence-corrected chi connectivity index (χ1v) is 3.25. The molecule has 26 valence electrons. The van der Waals surface area contributed by atoms with Gasteiger partial charge in [-0.3, -0.25) is 0 Å². The summed E-state index contributed by atoms with van der Waals surface area (Å²) in [4.78, 5) is 7.88. The highest BCUT2D eigenvalue weighted by Crippen LogP contribution is 1.60. The molecule has 3 heteroatoms. The molecule has 1 N–H and O–H groups in total. The van der Waals surface area contributed by atoms with E-state index in [2.05, 4.69) is 0 Å². The number of halogens is 1. The van der Waals surface area contributed by atoms with Crippen LogP contribution in [0.3, 0.4) is 0 Å². The normalized spacial score (nSPS) is 10.5. The highest BCUT2D eigenvalue weighted by atomic mass is 35.5. The first-order valence-electron chi connectivity index (χ1n) is 1.08. The third-order valence-corrected chi connectivity index (χ3v) is 0.761. The van der Waals surface area contributed by atoms with Gasteiger partial charge in [-0.15, -0.1) is 11.6 Å². The van der Waals surface area contributed by atoms with Gasteiger partial charge in [-0.2, -0.15) is 0 Å². The van der Waals surface area contributed by atoms with E-state index in [0.29, 0.717) is 5.50 Å². The van der Waals surface area contributed by atoms with Crippen molar-refractivity contribution < 1.29 is 4.80 Å². The zero-order chi connectivity index (χ0) is 3.41. The molecule has 0 aromatic rings. The van der Waals surface area contributed by atoms with Crippen LogP contribution in [-0.2, 0) is 0 Å². The third kappa shape index (κ3) is 2.47. The zero-order valence-electron chi connectivity index (χ0n) is 2.24. The van der Waals surface area contributed by atoms with Gasteiger partial charge >= 0.3 is 0 Å².